The van der Waals surface area contributed by atoms with Crippen molar-refractivity contribution < 1.29 is 51.8 Å². The van der Waals surface area contributed by atoms with Crippen molar-refractivity contribution in [2.75, 3.05) is 6.61 Å². The van der Waals surface area contributed by atoms with Gasteiger partial charge in [-0.2, -0.15) is 8.42 Å². The standard InChI is InChI=1S/C14H20N4O5S.Na/c1-8-11(13(19)18-14(15)16)6-9-4-2-3-5-10(12(9)17-8)7-23-24(20,21)22;/h6,10H,2-5,7H2,1H3,(H,20,21,22)(H4,15,16,18,19);/q;+1/p-1. The fraction of sp³-hybridized carbons (Fsp3) is 0.500. The van der Waals surface area contributed by atoms with E-state index in [2.05, 4.69) is 14.2 Å². The van der Waals surface area contributed by atoms with Crippen molar-refractivity contribution in [3.8, 4) is 0 Å². The number of nitrogens with two attached hydrogens (primary N) is 1. The molecule has 2 rings (SSSR count). The Kier molecular flexibility index (Phi) is 7.97. The number of hydrogen-bond donors (Lipinski definition) is 3. The van der Waals surface area contributed by atoms with Crippen LogP contribution in [0.3, 0.4) is 0 Å². The first-order valence-corrected chi connectivity index (χ1v) is 8.76. The number of guanidine groups is 1. The van der Waals surface area contributed by atoms with Crippen LogP contribution in [-0.2, 0) is 21.0 Å². The summed E-state index contributed by atoms with van der Waals surface area (Å²) in [6.45, 7) is 1.43. The van der Waals surface area contributed by atoms with Crippen LogP contribution >= 0.6 is 0 Å². The molecule has 1 aromatic heterocycles. The molecule has 0 bridgehead atoms. The minimum Gasteiger partial charge on any atom is -0.858 e. The Morgan fingerprint density at radius 2 is 2.24 bits per heavy atom. The number of aromatic nitrogens is 1. The molecule has 1 aromatic rings. The van der Waals surface area contributed by atoms with Crippen LogP contribution in [0.15, 0.2) is 11.1 Å². The van der Waals surface area contributed by atoms with Crippen LogP contribution in [0, 0.1) is 12.3 Å². The Morgan fingerprint density at radius 1 is 1.56 bits per heavy atom. The van der Waals surface area contributed by atoms with Crippen LogP contribution in [0.1, 0.15) is 47.7 Å². The van der Waals surface area contributed by atoms with Gasteiger partial charge >= 0.3 is 40.0 Å². The second kappa shape index (κ2) is 9.06. The van der Waals surface area contributed by atoms with Gasteiger partial charge < -0.3 is 10.8 Å². The minimum absolute atomic E-state index is 0. The largest absolute Gasteiger partial charge is 1.00 e. The molecule has 1 heterocycles. The number of nitrogens with one attached hydrogen (secondary N) is 1. The maximum Gasteiger partial charge on any atom is 1.00 e. The fourth-order valence-corrected chi connectivity index (χ4v) is 3.11. The number of nitrogens with zero attached hydrogens (tertiary/aromatic N) is 2. The summed E-state index contributed by atoms with van der Waals surface area (Å²) in [5.41, 5.74) is 7.28. The number of aliphatic imine (C=N–C) groups is 1. The van der Waals surface area contributed by atoms with Crippen LogP contribution in [0.4, 0.5) is 0 Å². The third-order valence-electron chi connectivity index (χ3n) is 3.83. The van der Waals surface area contributed by atoms with Crippen LogP contribution in [0.5, 0.6) is 0 Å². The SMILES string of the molecule is Cc1nc2c(cc1C([O-])=NC(=N)N)CCCCC2COS(=O)(=O)O.[Na+]. The predicted molar refractivity (Wildman–Crippen MR) is 85.2 cm³/mol. The van der Waals surface area contributed by atoms with Crippen LogP contribution in [0.2, 0.25) is 0 Å². The van der Waals surface area contributed by atoms with Gasteiger partial charge in [0, 0.05) is 28.8 Å². The Morgan fingerprint density at radius 3 is 2.84 bits per heavy atom. The molecule has 4 N–H and O–H groups in total. The first-order chi connectivity index (χ1) is 11.2. The first kappa shape index (κ1) is 22.0. The van der Waals surface area contributed by atoms with Gasteiger partial charge in [0.1, 0.15) is 0 Å². The van der Waals surface area contributed by atoms with Crippen LogP contribution in [-0.4, -0.2) is 36.4 Å². The van der Waals surface area contributed by atoms with Gasteiger partial charge in [-0.25, -0.2) is 9.18 Å². The molecule has 0 amide bonds. The zero-order valence-electron chi connectivity index (χ0n) is 14.2. The van der Waals surface area contributed by atoms with Gasteiger partial charge in [-0.1, -0.05) is 6.42 Å². The van der Waals surface area contributed by atoms with Crippen molar-refractivity contribution in [3.63, 3.8) is 0 Å². The molecule has 1 unspecified atom stereocenters. The summed E-state index contributed by atoms with van der Waals surface area (Å²) in [6, 6.07) is 1.66. The van der Waals surface area contributed by atoms with E-state index in [1.54, 1.807) is 13.0 Å². The van der Waals surface area contributed by atoms with E-state index < -0.39 is 22.3 Å². The van der Waals surface area contributed by atoms with Crippen molar-refractivity contribution in [1.29, 1.82) is 5.41 Å². The van der Waals surface area contributed by atoms with Gasteiger partial charge in [0.25, 0.3) is 0 Å². The molecule has 1 aliphatic rings. The molecule has 25 heavy (non-hydrogen) atoms. The molecular formula is C14H19N4NaO5S. The molecular weight excluding hydrogens is 359 g/mol. The van der Waals surface area contributed by atoms with E-state index >= 15 is 0 Å². The van der Waals surface area contributed by atoms with E-state index in [1.165, 1.54) is 0 Å². The third kappa shape index (κ3) is 6.32. The molecule has 0 aromatic carbocycles. The van der Waals surface area contributed by atoms with E-state index in [0.717, 1.165) is 18.4 Å². The molecule has 9 nitrogen and oxygen atoms in total. The molecule has 0 aliphatic heterocycles. The van der Waals surface area contributed by atoms with E-state index in [4.69, 9.17) is 15.7 Å². The molecule has 132 valence electrons. The Bertz CT molecular complexity index is 782. The molecule has 0 saturated heterocycles. The molecule has 1 aliphatic carbocycles. The molecule has 0 fully saturated rings. The second-order valence-corrected chi connectivity index (χ2v) is 6.71. The summed E-state index contributed by atoms with van der Waals surface area (Å²) in [7, 11) is -4.52. The van der Waals surface area contributed by atoms with Gasteiger partial charge in [-0.15, -0.1) is 0 Å². The number of hydrogen-bond acceptors (Lipinski definition) is 6. The van der Waals surface area contributed by atoms with Gasteiger partial charge in [-0.3, -0.25) is 14.9 Å². The zero-order valence-corrected chi connectivity index (χ0v) is 17.0. The van der Waals surface area contributed by atoms with E-state index in [-0.39, 0.29) is 47.6 Å². The third-order valence-corrected chi connectivity index (χ3v) is 4.27. The summed E-state index contributed by atoms with van der Waals surface area (Å²) in [5.74, 6) is -1.50. The maximum absolute atomic E-state index is 12.0. The summed E-state index contributed by atoms with van der Waals surface area (Å²) in [5, 5.41) is 19.1. The van der Waals surface area contributed by atoms with Crippen molar-refractivity contribution in [3.05, 3.63) is 28.6 Å². The van der Waals surface area contributed by atoms with Crippen LogP contribution < -0.4 is 40.4 Å². The Hall–Kier alpha value is -1.04. The average Bonchev–Trinajstić information content (AvgIpc) is 2.64. The zero-order chi connectivity index (χ0) is 17.9. The van der Waals surface area contributed by atoms with Crippen molar-refractivity contribution >= 4 is 22.3 Å². The van der Waals surface area contributed by atoms with Crippen molar-refractivity contribution in [2.45, 2.75) is 38.5 Å². The van der Waals surface area contributed by atoms with E-state index in [0.29, 0.717) is 24.2 Å². The Balaban J connectivity index is 0.00000312. The van der Waals surface area contributed by atoms with Gasteiger partial charge in [0.2, 0.25) is 5.96 Å². The summed E-state index contributed by atoms with van der Waals surface area (Å²) >= 11 is 0. The molecule has 0 saturated carbocycles. The van der Waals surface area contributed by atoms with Crippen LogP contribution in [0.25, 0.3) is 0 Å². The number of pyridine rings is 1. The smallest absolute Gasteiger partial charge is 0.858 e. The summed E-state index contributed by atoms with van der Waals surface area (Å²) in [4.78, 5) is 7.85. The predicted octanol–water partition coefficient (Wildman–Crippen LogP) is -2.98. The van der Waals surface area contributed by atoms with Gasteiger partial charge in [-0.05, 0) is 37.8 Å². The van der Waals surface area contributed by atoms with E-state index in [1.807, 2.05) is 0 Å². The van der Waals surface area contributed by atoms with E-state index in [9.17, 15) is 13.5 Å². The summed E-state index contributed by atoms with van der Waals surface area (Å²) < 4.78 is 34.9. The van der Waals surface area contributed by atoms with Crippen molar-refractivity contribution in [1.82, 2.24) is 4.98 Å². The monoisotopic (exact) mass is 378 g/mol. The van der Waals surface area contributed by atoms with Gasteiger partial charge in [0.15, 0.2) is 0 Å². The molecule has 0 spiro atoms. The summed E-state index contributed by atoms with van der Waals surface area (Å²) in [6.07, 6.45) is 3.05. The number of fused-ring (bicyclic) bond motifs is 1. The number of aryl methyl sites for hydroxylation is 2. The molecule has 1 atom stereocenters. The normalized spacial score (nSPS) is 18.0. The quantitative estimate of drug-likeness (QED) is 0.166. The first-order valence-electron chi connectivity index (χ1n) is 7.39. The second-order valence-electron chi connectivity index (χ2n) is 5.62. The van der Waals surface area contributed by atoms with Gasteiger partial charge in [0.05, 0.1) is 6.61 Å². The maximum atomic E-state index is 12.0. The molecule has 11 heteroatoms. The van der Waals surface area contributed by atoms with Crippen molar-refractivity contribution in [2.24, 2.45) is 10.7 Å². The Labute approximate surface area is 168 Å². The topological polar surface area (TPSA) is 162 Å². The average molecular weight is 378 g/mol. The fourth-order valence-electron chi connectivity index (χ4n) is 2.78. The number of rotatable bonds is 4. The molecule has 0 radical (unpaired) electrons. The minimum atomic E-state index is -4.52.